The van der Waals surface area contributed by atoms with Gasteiger partial charge in [0.15, 0.2) is 0 Å². The topological polar surface area (TPSA) is 151 Å². The molecule has 2 heterocycles. The van der Waals surface area contributed by atoms with Crippen molar-refractivity contribution in [2.75, 3.05) is 6.54 Å². The third kappa shape index (κ3) is 4.13. The van der Waals surface area contributed by atoms with Gasteiger partial charge in [0.25, 0.3) is 5.56 Å². The van der Waals surface area contributed by atoms with Crippen molar-refractivity contribution in [2.24, 2.45) is 5.73 Å². The molecule has 5 N–H and O–H groups in total. The maximum absolute atomic E-state index is 12.1. The van der Waals surface area contributed by atoms with E-state index in [1.807, 2.05) is 4.98 Å². The lowest BCUT2D eigenvalue weighted by molar-refractivity contribution is 0.571. The molecule has 2 aromatic heterocycles. The Labute approximate surface area is 131 Å². The summed E-state index contributed by atoms with van der Waals surface area (Å²) in [4.78, 5) is 30.7. The minimum atomic E-state index is -3.79. The van der Waals surface area contributed by atoms with Crippen LogP contribution in [0, 0.1) is 0 Å². The van der Waals surface area contributed by atoms with Crippen molar-refractivity contribution in [3.05, 3.63) is 33.1 Å². The molecule has 9 nitrogen and oxygen atoms in total. The lowest BCUT2D eigenvalue weighted by Crippen LogP contribution is -2.29. The summed E-state index contributed by atoms with van der Waals surface area (Å²) in [5, 5.41) is -0.00957. The monoisotopic (exact) mass is 349 g/mol. The van der Waals surface area contributed by atoms with Gasteiger partial charge in [0.2, 0.25) is 10.0 Å². The number of sulfonamides is 1. The Morgan fingerprint density at radius 3 is 2.68 bits per heavy atom. The average molecular weight is 350 g/mol. The van der Waals surface area contributed by atoms with Gasteiger partial charge < -0.3 is 5.73 Å². The standard InChI is InChI=1S/C11H15N5O4S.ClH/c1-6(12)2-3-14-21(19,20)7-4-8-9(13-5-7)15-11(18)16-10(8)17;/h4-6,14H,2-3,12H2,1H3,(H2,13,15,16,17,18);1H. The normalized spacial score (nSPS) is 12.8. The van der Waals surface area contributed by atoms with Gasteiger partial charge in [0, 0.05) is 18.8 Å². The van der Waals surface area contributed by atoms with Crippen LogP contribution in [0.2, 0.25) is 0 Å². The maximum atomic E-state index is 12.1. The molecule has 22 heavy (non-hydrogen) atoms. The highest BCUT2D eigenvalue weighted by Crippen LogP contribution is 2.11. The van der Waals surface area contributed by atoms with Crippen LogP contribution in [0.4, 0.5) is 0 Å². The number of hydrogen-bond acceptors (Lipinski definition) is 6. The van der Waals surface area contributed by atoms with Gasteiger partial charge in [-0.05, 0) is 19.4 Å². The van der Waals surface area contributed by atoms with Crippen molar-refractivity contribution in [2.45, 2.75) is 24.3 Å². The van der Waals surface area contributed by atoms with Crippen molar-refractivity contribution in [1.82, 2.24) is 19.7 Å². The first-order valence-electron chi connectivity index (χ1n) is 6.17. The Morgan fingerprint density at radius 1 is 1.36 bits per heavy atom. The van der Waals surface area contributed by atoms with E-state index in [0.717, 1.165) is 12.3 Å². The molecule has 0 radical (unpaired) electrons. The fourth-order valence-electron chi connectivity index (χ4n) is 1.68. The predicted octanol–water partition coefficient (Wildman–Crippen LogP) is -0.951. The molecule has 0 aliphatic rings. The third-order valence-corrected chi connectivity index (χ3v) is 4.20. The van der Waals surface area contributed by atoms with Crippen LogP contribution in [0.15, 0.2) is 26.7 Å². The largest absolute Gasteiger partial charge is 0.328 e. The van der Waals surface area contributed by atoms with Crippen molar-refractivity contribution in [1.29, 1.82) is 0 Å². The van der Waals surface area contributed by atoms with E-state index in [4.69, 9.17) is 5.73 Å². The number of nitrogens with two attached hydrogens (primary N) is 1. The fourth-order valence-corrected chi connectivity index (χ4v) is 2.70. The minimum absolute atomic E-state index is 0. The van der Waals surface area contributed by atoms with E-state index in [2.05, 4.69) is 14.7 Å². The second-order valence-corrected chi connectivity index (χ2v) is 6.41. The predicted molar refractivity (Wildman–Crippen MR) is 83.7 cm³/mol. The number of rotatable bonds is 5. The highest BCUT2D eigenvalue weighted by Gasteiger charge is 2.16. The molecule has 0 saturated heterocycles. The van der Waals surface area contributed by atoms with Crippen LogP contribution in [-0.2, 0) is 10.0 Å². The van der Waals surface area contributed by atoms with Gasteiger partial charge >= 0.3 is 5.69 Å². The van der Waals surface area contributed by atoms with Crippen LogP contribution < -0.4 is 21.7 Å². The molecule has 1 atom stereocenters. The van der Waals surface area contributed by atoms with Crippen molar-refractivity contribution < 1.29 is 8.42 Å². The summed E-state index contributed by atoms with van der Waals surface area (Å²) in [5.74, 6) is 0. The number of aromatic nitrogens is 3. The summed E-state index contributed by atoms with van der Waals surface area (Å²) in [6, 6.07) is 1.03. The van der Waals surface area contributed by atoms with Gasteiger partial charge in [-0.1, -0.05) is 0 Å². The Morgan fingerprint density at radius 2 is 2.05 bits per heavy atom. The van der Waals surface area contributed by atoms with Crippen LogP contribution in [0.25, 0.3) is 11.0 Å². The van der Waals surface area contributed by atoms with Crippen LogP contribution in [0.3, 0.4) is 0 Å². The molecule has 0 spiro atoms. The molecular formula is C11H16ClN5O4S. The molecular weight excluding hydrogens is 334 g/mol. The first kappa shape index (κ1) is 18.3. The van der Waals surface area contributed by atoms with Crippen molar-refractivity contribution in [3.63, 3.8) is 0 Å². The number of pyridine rings is 1. The fraction of sp³-hybridized carbons (Fsp3) is 0.364. The van der Waals surface area contributed by atoms with E-state index < -0.39 is 21.3 Å². The van der Waals surface area contributed by atoms with Crippen LogP contribution in [0.5, 0.6) is 0 Å². The molecule has 0 amide bonds. The van der Waals surface area contributed by atoms with Crippen LogP contribution in [0.1, 0.15) is 13.3 Å². The third-order valence-electron chi connectivity index (χ3n) is 2.77. The summed E-state index contributed by atoms with van der Waals surface area (Å²) >= 11 is 0. The van der Waals surface area contributed by atoms with Gasteiger partial charge in [-0.15, -0.1) is 12.4 Å². The minimum Gasteiger partial charge on any atom is -0.328 e. The van der Waals surface area contributed by atoms with E-state index in [9.17, 15) is 18.0 Å². The smallest absolute Gasteiger partial charge is 0.327 e. The maximum Gasteiger partial charge on any atom is 0.327 e. The zero-order chi connectivity index (χ0) is 15.6. The molecule has 2 rings (SSSR count). The van der Waals surface area contributed by atoms with E-state index >= 15 is 0 Å². The van der Waals surface area contributed by atoms with E-state index in [1.165, 1.54) is 0 Å². The van der Waals surface area contributed by atoms with E-state index in [1.54, 1.807) is 6.92 Å². The summed E-state index contributed by atoms with van der Waals surface area (Å²) in [6.45, 7) is 1.95. The van der Waals surface area contributed by atoms with Crippen molar-refractivity contribution >= 4 is 33.5 Å². The molecule has 2 aromatic rings. The zero-order valence-corrected chi connectivity index (χ0v) is 13.3. The SMILES string of the molecule is CC(N)CCNS(=O)(=O)c1cnc2[nH]c(=O)[nH]c(=O)c2c1.Cl. The van der Waals surface area contributed by atoms with Crippen LogP contribution in [-0.4, -0.2) is 36.0 Å². The second kappa shape index (κ2) is 7.01. The highest BCUT2D eigenvalue weighted by atomic mass is 35.5. The molecule has 122 valence electrons. The number of hydrogen-bond donors (Lipinski definition) is 4. The summed E-state index contributed by atoms with van der Waals surface area (Å²) in [5.41, 5.74) is 4.17. The molecule has 0 fully saturated rings. The first-order valence-corrected chi connectivity index (χ1v) is 7.65. The number of aromatic amines is 2. The van der Waals surface area contributed by atoms with Gasteiger partial charge in [-0.25, -0.2) is 22.9 Å². The van der Waals surface area contributed by atoms with Gasteiger partial charge in [0.05, 0.1) is 5.39 Å². The highest BCUT2D eigenvalue weighted by molar-refractivity contribution is 7.89. The Bertz CT molecular complexity index is 874. The average Bonchev–Trinajstić information content (AvgIpc) is 2.37. The van der Waals surface area contributed by atoms with E-state index in [0.29, 0.717) is 6.42 Å². The Kier molecular flexibility index (Phi) is 5.83. The Hall–Kier alpha value is -1.75. The Balaban J connectivity index is 0.00000242. The zero-order valence-electron chi connectivity index (χ0n) is 11.6. The number of H-pyrrole nitrogens is 2. The van der Waals surface area contributed by atoms with Gasteiger partial charge in [-0.3, -0.25) is 14.8 Å². The summed E-state index contributed by atoms with van der Waals surface area (Å²) in [7, 11) is -3.79. The van der Waals surface area contributed by atoms with Crippen LogP contribution >= 0.6 is 12.4 Å². The lowest BCUT2D eigenvalue weighted by atomic mass is 10.3. The first-order chi connectivity index (χ1) is 9.79. The molecule has 1 unspecified atom stereocenters. The number of halogens is 1. The molecule has 11 heteroatoms. The molecule has 0 aliphatic heterocycles. The number of fused-ring (bicyclic) bond motifs is 1. The summed E-state index contributed by atoms with van der Waals surface area (Å²) < 4.78 is 26.5. The molecule has 0 aliphatic carbocycles. The molecule has 0 bridgehead atoms. The number of nitrogens with zero attached hydrogens (tertiary/aromatic N) is 1. The lowest BCUT2D eigenvalue weighted by Gasteiger charge is -2.08. The summed E-state index contributed by atoms with van der Waals surface area (Å²) in [6.07, 6.45) is 1.56. The number of nitrogens with one attached hydrogen (secondary N) is 3. The molecule has 0 saturated carbocycles. The van der Waals surface area contributed by atoms with Gasteiger partial charge in [0.1, 0.15) is 10.5 Å². The van der Waals surface area contributed by atoms with Crippen molar-refractivity contribution in [3.8, 4) is 0 Å². The second-order valence-electron chi connectivity index (χ2n) is 4.64. The van der Waals surface area contributed by atoms with E-state index in [-0.39, 0.29) is 40.9 Å². The molecule has 0 aromatic carbocycles. The quantitative estimate of drug-likeness (QED) is 0.546. The van der Waals surface area contributed by atoms with Gasteiger partial charge in [-0.2, -0.15) is 0 Å².